The van der Waals surface area contributed by atoms with Gasteiger partial charge in [0.25, 0.3) is 0 Å². The molecule has 1 aromatic rings. The third-order valence-corrected chi connectivity index (χ3v) is 5.28. The van der Waals surface area contributed by atoms with E-state index in [1.807, 2.05) is 0 Å². The smallest absolute Gasteiger partial charge is 0.338 e. The summed E-state index contributed by atoms with van der Waals surface area (Å²) in [6.07, 6.45) is 3.76. The molecule has 0 spiro atoms. The average molecular weight is 329 g/mol. The van der Waals surface area contributed by atoms with Gasteiger partial charge in [0.15, 0.2) is 0 Å². The van der Waals surface area contributed by atoms with Gasteiger partial charge in [-0.3, -0.25) is 4.79 Å². The quantitative estimate of drug-likeness (QED) is 0.832. The predicted octanol–water partition coefficient (Wildman–Crippen LogP) is 3.23. The molecule has 2 fully saturated rings. The molecule has 0 aliphatic heterocycles. The van der Waals surface area contributed by atoms with E-state index in [1.165, 1.54) is 36.6 Å². The number of carbonyl (C=O) groups is 1. The van der Waals surface area contributed by atoms with E-state index in [1.54, 1.807) is 7.05 Å². The van der Waals surface area contributed by atoms with Crippen LogP contribution in [0.5, 0.6) is 0 Å². The lowest BCUT2D eigenvalue weighted by molar-refractivity contribution is -0.141. The number of nitrogens with zero attached hydrogens (tertiary/aromatic N) is 3. The van der Waals surface area contributed by atoms with Gasteiger partial charge in [0.05, 0.1) is 6.54 Å². The van der Waals surface area contributed by atoms with Crippen molar-refractivity contribution in [3.8, 4) is 0 Å². The molecule has 2 saturated carbocycles. The van der Waals surface area contributed by atoms with Gasteiger partial charge in [-0.15, -0.1) is 0 Å². The summed E-state index contributed by atoms with van der Waals surface area (Å²) in [5, 5.41) is 0. The largest absolute Gasteiger partial charge is 0.406 e. The van der Waals surface area contributed by atoms with Crippen LogP contribution < -0.4 is 0 Å². The summed E-state index contributed by atoms with van der Waals surface area (Å²) in [6, 6.07) is 0. The first kappa shape index (κ1) is 16.3. The maximum atomic E-state index is 12.5. The first-order valence-electron chi connectivity index (χ1n) is 8.12. The monoisotopic (exact) mass is 329 g/mol. The minimum Gasteiger partial charge on any atom is -0.338 e. The second kappa shape index (κ2) is 6.17. The number of fused-ring (bicyclic) bond motifs is 2. The van der Waals surface area contributed by atoms with Crippen LogP contribution in [-0.4, -0.2) is 33.6 Å². The molecule has 0 radical (unpaired) electrons. The van der Waals surface area contributed by atoms with E-state index in [-0.39, 0.29) is 18.3 Å². The maximum absolute atomic E-state index is 12.5. The number of aromatic nitrogens is 2. The van der Waals surface area contributed by atoms with E-state index in [9.17, 15) is 18.0 Å². The van der Waals surface area contributed by atoms with Gasteiger partial charge in [0.1, 0.15) is 12.4 Å². The van der Waals surface area contributed by atoms with Crippen LogP contribution in [-0.2, 0) is 17.9 Å². The van der Waals surface area contributed by atoms with Crippen molar-refractivity contribution < 1.29 is 18.0 Å². The van der Waals surface area contributed by atoms with Gasteiger partial charge in [0.2, 0.25) is 5.91 Å². The Morgan fingerprint density at radius 1 is 1.39 bits per heavy atom. The lowest BCUT2D eigenvalue weighted by Gasteiger charge is -2.24. The van der Waals surface area contributed by atoms with Crippen molar-refractivity contribution in [2.75, 3.05) is 7.05 Å². The van der Waals surface area contributed by atoms with Gasteiger partial charge in [-0.25, -0.2) is 4.98 Å². The Morgan fingerprint density at radius 2 is 2.17 bits per heavy atom. The van der Waals surface area contributed by atoms with Gasteiger partial charge < -0.3 is 9.47 Å². The SMILES string of the molecule is CN(Cc1nccn1CC(F)(F)F)C(=O)C[C@@H]1C[C@H]2CC[C@H]1C2. The normalized spacial score (nSPS) is 26.7. The van der Waals surface area contributed by atoms with E-state index < -0.39 is 12.7 Å². The van der Waals surface area contributed by atoms with Gasteiger partial charge in [-0.05, 0) is 37.0 Å². The van der Waals surface area contributed by atoms with Crippen LogP contribution >= 0.6 is 0 Å². The molecular formula is C16H22F3N3O. The number of hydrogen-bond donors (Lipinski definition) is 0. The summed E-state index contributed by atoms with van der Waals surface area (Å²) < 4.78 is 38.6. The number of alkyl halides is 3. The minimum absolute atomic E-state index is 0.00380. The Kier molecular flexibility index (Phi) is 4.38. The lowest BCUT2D eigenvalue weighted by Crippen LogP contribution is -2.31. The topological polar surface area (TPSA) is 38.1 Å². The summed E-state index contributed by atoms with van der Waals surface area (Å²) in [5.74, 6) is 2.19. The Balaban J connectivity index is 1.55. The van der Waals surface area contributed by atoms with Crippen LogP contribution in [0.2, 0.25) is 0 Å². The highest BCUT2D eigenvalue weighted by Gasteiger charge is 2.40. The molecule has 0 aromatic carbocycles. The molecule has 1 amide bonds. The van der Waals surface area contributed by atoms with Gasteiger partial charge in [-0.1, -0.05) is 6.42 Å². The molecule has 2 aliphatic rings. The van der Waals surface area contributed by atoms with E-state index in [2.05, 4.69) is 4.98 Å². The molecule has 7 heteroatoms. The first-order valence-corrected chi connectivity index (χ1v) is 8.12. The lowest BCUT2D eigenvalue weighted by atomic mass is 9.86. The fourth-order valence-electron chi connectivity index (χ4n) is 4.14. The molecule has 128 valence electrons. The van der Waals surface area contributed by atoms with Crippen molar-refractivity contribution in [1.29, 1.82) is 0 Å². The molecule has 2 aliphatic carbocycles. The van der Waals surface area contributed by atoms with E-state index in [4.69, 9.17) is 0 Å². The summed E-state index contributed by atoms with van der Waals surface area (Å²) in [4.78, 5) is 17.8. The van der Waals surface area contributed by atoms with Crippen LogP contribution in [0.25, 0.3) is 0 Å². The molecule has 0 unspecified atom stereocenters. The number of halogens is 3. The zero-order chi connectivity index (χ0) is 16.6. The molecule has 0 saturated heterocycles. The van der Waals surface area contributed by atoms with Crippen molar-refractivity contribution in [3.63, 3.8) is 0 Å². The van der Waals surface area contributed by atoms with Crippen LogP contribution in [0, 0.1) is 17.8 Å². The summed E-state index contributed by atoms with van der Waals surface area (Å²) in [6.45, 7) is -0.959. The standard InChI is InChI=1S/C16H22F3N3O/c1-21(9-14-20-4-5-22(14)10-16(17,18)19)15(23)8-13-7-11-2-3-12(13)6-11/h4-5,11-13H,2-3,6-10H2,1H3/t11-,12-,13-/m0/s1. The van der Waals surface area contributed by atoms with Crippen LogP contribution in [0.3, 0.4) is 0 Å². The van der Waals surface area contributed by atoms with Crippen molar-refractivity contribution in [2.24, 2.45) is 17.8 Å². The molecule has 23 heavy (non-hydrogen) atoms. The Morgan fingerprint density at radius 3 is 2.78 bits per heavy atom. The van der Waals surface area contributed by atoms with E-state index >= 15 is 0 Å². The molecule has 2 bridgehead atoms. The van der Waals surface area contributed by atoms with Crippen LogP contribution in [0.1, 0.15) is 37.9 Å². The second-order valence-electron chi connectivity index (χ2n) is 6.98. The zero-order valence-electron chi connectivity index (χ0n) is 13.2. The van der Waals surface area contributed by atoms with Crippen LogP contribution in [0.4, 0.5) is 13.2 Å². The third-order valence-electron chi connectivity index (χ3n) is 5.28. The summed E-state index contributed by atoms with van der Waals surface area (Å²) >= 11 is 0. The predicted molar refractivity (Wildman–Crippen MR) is 78.3 cm³/mol. The molecule has 3 atom stereocenters. The highest BCUT2D eigenvalue weighted by atomic mass is 19.4. The van der Waals surface area contributed by atoms with Gasteiger partial charge >= 0.3 is 6.18 Å². The average Bonchev–Trinajstić information content (AvgIpc) is 3.15. The highest BCUT2D eigenvalue weighted by molar-refractivity contribution is 5.76. The number of carbonyl (C=O) groups excluding carboxylic acids is 1. The fraction of sp³-hybridized carbons (Fsp3) is 0.750. The number of amides is 1. The Bertz CT molecular complexity index is 569. The molecule has 3 rings (SSSR count). The summed E-state index contributed by atoms with van der Waals surface area (Å²) in [5.41, 5.74) is 0. The maximum Gasteiger partial charge on any atom is 0.406 e. The highest BCUT2D eigenvalue weighted by Crippen LogP contribution is 2.49. The third kappa shape index (κ3) is 3.87. The fourth-order valence-corrected chi connectivity index (χ4v) is 4.14. The van der Waals surface area contributed by atoms with Gasteiger partial charge in [-0.2, -0.15) is 13.2 Å². The number of rotatable bonds is 5. The molecule has 1 aromatic heterocycles. The van der Waals surface area contributed by atoms with Crippen molar-refractivity contribution in [3.05, 3.63) is 18.2 Å². The molecule has 0 N–H and O–H groups in total. The minimum atomic E-state index is -4.29. The van der Waals surface area contributed by atoms with E-state index in [0.29, 0.717) is 18.3 Å². The zero-order valence-corrected chi connectivity index (χ0v) is 13.2. The number of imidazole rings is 1. The van der Waals surface area contributed by atoms with Crippen molar-refractivity contribution in [1.82, 2.24) is 14.5 Å². The Hall–Kier alpha value is -1.53. The summed E-state index contributed by atoms with van der Waals surface area (Å²) in [7, 11) is 1.64. The first-order chi connectivity index (χ1) is 10.8. The van der Waals surface area contributed by atoms with Crippen LogP contribution in [0.15, 0.2) is 12.4 Å². The molecule has 1 heterocycles. The second-order valence-corrected chi connectivity index (χ2v) is 6.98. The number of hydrogen-bond acceptors (Lipinski definition) is 2. The molecule has 4 nitrogen and oxygen atoms in total. The molecular weight excluding hydrogens is 307 g/mol. The Labute approximate surface area is 133 Å². The van der Waals surface area contributed by atoms with Crippen molar-refractivity contribution >= 4 is 5.91 Å². The van der Waals surface area contributed by atoms with Crippen molar-refractivity contribution in [2.45, 2.75) is 51.4 Å². The van der Waals surface area contributed by atoms with Gasteiger partial charge in [0, 0.05) is 25.9 Å². The van der Waals surface area contributed by atoms with E-state index in [0.717, 1.165) is 16.9 Å².